The van der Waals surface area contributed by atoms with Crippen LogP contribution in [0.25, 0.3) is 5.69 Å². The molecule has 1 N–H and O–H groups in total. The normalized spacial score (nSPS) is 10.8. The smallest absolute Gasteiger partial charge is 0.224 e. The predicted octanol–water partition coefficient (Wildman–Crippen LogP) is 4.68. The highest BCUT2D eigenvalue weighted by Crippen LogP contribution is 2.17. The van der Waals surface area contributed by atoms with Crippen LogP contribution < -0.4 is 5.32 Å². The molecule has 0 saturated heterocycles. The zero-order chi connectivity index (χ0) is 18.7. The van der Waals surface area contributed by atoms with Gasteiger partial charge in [-0.3, -0.25) is 4.79 Å². The van der Waals surface area contributed by atoms with E-state index in [1.807, 2.05) is 44.5 Å². The lowest BCUT2D eigenvalue weighted by molar-refractivity contribution is -0.116. The number of aromatic nitrogens is 2. The van der Waals surface area contributed by atoms with Crippen LogP contribution in [0, 0.1) is 27.7 Å². The number of aryl methyl sites for hydroxylation is 5. The molecule has 0 radical (unpaired) electrons. The van der Waals surface area contributed by atoms with Crippen LogP contribution in [0.4, 0.5) is 5.69 Å². The maximum absolute atomic E-state index is 12.3. The summed E-state index contributed by atoms with van der Waals surface area (Å²) < 4.78 is 1.94. The molecule has 134 valence electrons. The Balaban J connectivity index is 1.60. The monoisotopic (exact) mass is 347 g/mol. The molecule has 0 atom stereocenters. The number of carbonyl (C=O) groups is 1. The quantitative estimate of drug-likeness (QED) is 0.728. The third-order valence-electron chi connectivity index (χ3n) is 4.50. The highest BCUT2D eigenvalue weighted by molar-refractivity contribution is 5.91. The van der Waals surface area contributed by atoms with E-state index in [0.29, 0.717) is 12.8 Å². The number of carbonyl (C=O) groups excluding carboxylic acids is 1. The van der Waals surface area contributed by atoms with Gasteiger partial charge in [-0.05, 0) is 75.1 Å². The minimum atomic E-state index is 0.0429. The van der Waals surface area contributed by atoms with Gasteiger partial charge >= 0.3 is 0 Å². The molecule has 3 aromatic rings. The van der Waals surface area contributed by atoms with Gasteiger partial charge < -0.3 is 5.32 Å². The minimum Gasteiger partial charge on any atom is -0.326 e. The number of rotatable bonds is 5. The number of nitrogens with zero attached hydrogens (tertiary/aromatic N) is 2. The van der Waals surface area contributed by atoms with Crippen LogP contribution in [0.3, 0.4) is 0 Å². The van der Waals surface area contributed by atoms with Crippen LogP contribution in [0.2, 0.25) is 0 Å². The molecule has 1 aromatic heterocycles. The second-order valence-corrected chi connectivity index (χ2v) is 6.87. The van der Waals surface area contributed by atoms with Crippen molar-refractivity contribution in [3.05, 3.63) is 76.6 Å². The molecule has 0 spiro atoms. The Hall–Kier alpha value is -2.88. The van der Waals surface area contributed by atoms with E-state index in [0.717, 1.165) is 39.5 Å². The lowest BCUT2D eigenvalue weighted by Crippen LogP contribution is -2.13. The lowest BCUT2D eigenvalue weighted by Gasteiger charge is -2.10. The summed E-state index contributed by atoms with van der Waals surface area (Å²) in [5.41, 5.74) is 7.43. The van der Waals surface area contributed by atoms with Gasteiger partial charge in [0.05, 0.1) is 11.4 Å². The fourth-order valence-electron chi connectivity index (χ4n) is 3.04. The molecule has 0 unspecified atom stereocenters. The van der Waals surface area contributed by atoms with Crippen LogP contribution in [0.5, 0.6) is 0 Å². The van der Waals surface area contributed by atoms with E-state index in [-0.39, 0.29) is 5.91 Å². The summed E-state index contributed by atoms with van der Waals surface area (Å²) in [5, 5.41) is 7.51. The molecule has 26 heavy (non-hydrogen) atoms. The highest BCUT2D eigenvalue weighted by atomic mass is 16.1. The Morgan fingerprint density at radius 2 is 1.73 bits per heavy atom. The van der Waals surface area contributed by atoms with Crippen molar-refractivity contribution < 1.29 is 4.79 Å². The van der Waals surface area contributed by atoms with E-state index in [4.69, 9.17) is 0 Å². The summed E-state index contributed by atoms with van der Waals surface area (Å²) in [6, 6.07) is 16.4. The predicted molar refractivity (Wildman–Crippen MR) is 106 cm³/mol. The molecule has 0 aliphatic rings. The topological polar surface area (TPSA) is 46.9 Å². The Morgan fingerprint density at radius 1 is 1.00 bits per heavy atom. The maximum Gasteiger partial charge on any atom is 0.224 e. The first-order chi connectivity index (χ1) is 12.4. The van der Waals surface area contributed by atoms with Crippen molar-refractivity contribution in [1.29, 1.82) is 0 Å². The molecule has 0 fully saturated rings. The van der Waals surface area contributed by atoms with Gasteiger partial charge in [0.1, 0.15) is 0 Å². The molecule has 0 aliphatic carbocycles. The van der Waals surface area contributed by atoms with E-state index >= 15 is 0 Å². The molecular formula is C22H25N3O. The Labute approximate surface area is 154 Å². The highest BCUT2D eigenvalue weighted by Gasteiger charge is 2.07. The first kappa shape index (κ1) is 17.9. The summed E-state index contributed by atoms with van der Waals surface area (Å²) in [7, 11) is 0. The molecule has 2 aromatic carbocycles. The van der Waals surface area contributed by atoms with Crippen LogP contribution in [-0.2, 0) is 11.2 Å². The van der Waals surface area contributed by atoms with Gasteiger partial charge in [-0.2, -0.15) is 5.10 Å². The Morgan fingerprint density at radius 3 is 2.38 bits per heavy atom. The molecule has 4 heteroatoms. The summed E-state index contributed by atoms with van der Waals surface area (Å²) in [6.07, 6.45) is 1.18. The molecule has 0 saturated carbocycles. The van der Waals surface area contributed by atoms with Crippen molar-refractivity contribution in [3.63, 3.8) is 0 Å². The SMILES string of the molecule is Cc1ccc(C)c(NC(=O)CCc2ccc(-n3nc(C)cc3C)cc2)c1. The zero-order valence-corrected chi connectivity index (χ0v) is 15.8. The molecule has 0 aliphatic heterocycles. The number of nitrogens with one attached hydrogen (secondary N) is 1. The van der Waals surface area contributed by atoms with Gasteiger partial charge in [0.2, 0.25) is 5.91 Å². The number of amides is 1. The van der Waals surface area contributed by atoms with Gasteiger partial charge in [0.15, 0.2) is 0 Å². The number of anilines is 1. The minimum absolute atomic E-state index is 0.0429. The Kier molecular flexibility index (Phi) is 5.21. The van der Waals surface area contributed by atoms with Crippen LogP contribution in [-0.4, -0.2) is 15.7 Å². The number of hydrogen-bond acceptors (Lipinski definition) is 2. The van der Waals surface area contributed by atoms with E-state index in [1.54, 1.807) is 0 Å². The van der Waals surface area contributed by atoms with Crippen molar-refractivity contribution in [1.82, 2.24) is 9.78 Å². The second-order valence-electron chi connectivity index (χ2n) is 6.87. The summed E-state index contributed by atoms with van der Waals surface area (Å²) in [4.78, 5) is 12.3. The molecule has 1 amide bonds. The van der Waals surface area contributed by atoms with Crippen LogP contribution in [0.15, 0.2) is 48.5 Å². The van der Waals surface area contributed by atoms with Crippen molar-refractivity contribution in [2.24, 2.45) is 0 Å². The summed E-state index contributed by atoms with van der Waals surface area (Å²) in [5.74, 6) is 0.0429. The van der Waals surface area contributed by atoms with Gasteiger partial charge in [-0.15, -0.1) is 0 Å². The maximum atomic E-state index is 12.3. The molecule has 0 bridgehead atoms. The molecule has 1 heterocycles. The second kappa shape index (κ2) is 7.56. The van der Waals surface area contributed by atoms with E-state index < -0.39 is 0 Å². The molecule has 3 rings (SSSR count). The zero-order valence-electron chi connectivity index (χ0n) is 15.8. The first-order valence-corrected chi connectivity index (χ1v) is 8.92. The third-order valence-corrected chi connectivity index (χ3v) is 4.50. The fraction of sp³-hybridized carbons (Fsp3) is 0.273. The van der Waals surface area contributed by atoms with Crippen molar-refractivity contribution in [2.45, 2.75) is 40.5 Å². The van der Waals surface area contributed by atoms with E-state index in [1.165, 1.54) is 0 Å². The van der Waals surface area contributed by atoms with Crippen molar-refractivity contribution in [2.75, 3.05) is 5.32 Å². The van der Waals surface area contributed by atoms with Crippen LogP contribution in [0.1, 0.15) is 34.5 Å². The van der Waals surface area contributed by atoms with Gasteiger partial charge in [0, 0.05) is 17.8 Å². The third kappa shape index (κ3) is 4.20. The van der Waals surface area contributed by atoms with E-state index in [2.05, 4.69) is 46.8 Å². The molecular weight excluding hydrogens is 322 g/mol. The van der Waals surface area contributed by atoms with E-state index in [9.17, 15) is 4.79 Å². The largest absolute Gasteiger partial charge is 0.326 e. The summed E-state index contributed by atoms with van der Waals surface area (Å²) >= 11 is 0. The lowest BCUT2D eigenvalue weighted by atomic mass is 10.1. The van der Waals surface area contributed by atoms with Crippen molar-refractivity contribution in [3.8, 4) is 5.69 Å². The van der Waals surface area contributed by atoms with Gasteiger partial charge in [-0.1, -0.05) is 24.3 Å². The van der Waals surface area contributed by atoms with Crippen molar-refractivity contribution >= 4 is 11.6 Å². The summed E-state index contributed by atoms with van der Waals surface area (Å²) in [6.45, 7) is 8.07. The standard InChI is InChI=1S/C22H25N3O/c1-15-5-6-16(2)21(13-15)23-22(26)12-9-19-7-10-20(11-8-19)25-18(4)14-17(3)24-25/h5-8,10-11,13-14H,9,12H2,1-4H3,(H,23,26). The average Bonchev–Trinajstić information content (AvgIpc) is 2.95. The molecule has 4 nitrogen and oxygen atoms in total. The van der Waals surface area contributed by atoms with Gasteiger partial charge in [0.25, 0.3) is 0 Å². The average molecular weight is 347 g/mol. The van der Waals surface area contributed by atoms with Gasteiger partial charge in [-0.25, -0.2) is 4.68 Å². The van der Waals surface area contributed by atoms with Crippen LogP contribution >= 0.6 is 0 Å². The number of benzene rings is 2. The first-order valence-electron chi connectivity index (χ1n) is 8.92. The fourth-order valence-corrected chi connectivity index (χ4v) is 3.04. The Bertz CT molecular complexity index is 923. The number of hydrogen-bond donors (Lipinski definition) is 1.